The van der Waals surface area contributed by atoms with Crippen LogP contribution in [0.4, 0.5) is 5.82 Å². The van der Waals surface area contributed by atoms with Crippen molar-refractivity contribution in [2.24, 2.45) is 10.7 Å². The van der Waals surface area contributed by atoms with Crippen molar-refractivity contribution in [3.63, 3.8) is 0 Å². The first kappa shape index (κ1) is 15.6. The largest absolute Gasteiger partial charge is 0.370 e. The Morgan fingerprint density at radius 3 is 2.90 bits per heavy atom. The van der Waals surface area contributed by atoms with Gasteiger partial charge in [-0.1, -0.05) is 6.07 Å². The Bertz CT molecular complexity index is 497. The van der Waals surface area contributed by atoms with E-state index in [1.807, 2.05) is 24.8 Å². The van der Waals surface area contributed by atoms with Gasteiger partial charge in [-0.2, -0.15) is 11.8 Å². The van der Waals surface area contributed by atoms with Gasteiger partial charge in [-0.3, -0.25) is 9.79 Å². The van der Waals surface area contributed by atoms with Crippen molar-refractivity contribution in [2.75, 3.05) is 36.5 Å². The summed E-state index contributed by atoms with van der Waals surface area (Å²) in [6.45, 7) is 4.21. The minimum Gasteiger partial charge on any atom is -0.370 e. The number of nitrogens with one attached hydrogen (secondary N) is 1. The first-order chi connectivity index (χ1) is 10.1. The molecule has 1 saturated heterocycles. The molecule has 2 rings (SSSR count). The highest BCUT2D eigenvalue weighted by Gasteiger charge is 2.12. The summed E-state index contributed by atoms with van der Waals surface area (Å²) in [5.41, 5.74) is 6.99. The van der Waals surface area contributed by atoms with Crippen LogP contribution in [0.15, 0.2) is 23.3 Å². The summed E-state index contributed by atoms with van der Waals surface area (Å²) in [6, 6.07) is 3.70. The van der Waals surface area contributed by atoms with Crippen molar-refractivity contribution in [1.82, 2.24) is 9.88 Å². The first-order valence-corrected chi connectivity index (χ1v) is 8.16. The number of rotatable bonds is 4. The molecule has 0 spiro atoms. The second kappa shape index (κ2) is 7.87. The minimum absolute atomic E-state index is 0.0999. The van der Waals surface area contributed by atoms with E-state index in [-0.39, 0.29) is 5.91 Å². The Hall–Kier alpha value is -1.76. The fourth-order valence-electron chi connectivity index (χ4n) is 1.91. The summed E-state index contributed by atoms with van der Waals surface area (Å²) < 4.78 is 0. The van der Waals surface area contributed by atoms with E-state index in [2.05, 4.69) is 20.2 Å². The zero-order chi connectivity index (χ0) is 15.1. The number of anilines is 1. The number of amides is 1. The van der Waals surface area contributed by atoms with Crippen LogP contribution in [0.3, 0.4) is 0 Å². The molecule has 6 nitrogen and oxygen atoms in total. The SMILES string of the molecule is Cc1ccc(NC(=O)CCN=C(N)N2CCSCC2)nc1. The molecular formula is C14H21N5OS. The second-order valence-corrected chi connectivity index (χ2v) is 6.08. The van der Waals surface area contributed by atoms with Crippen molar-refractivity contribution in [2.45, 2.75) is 13.3 Å². The summed E-state index contributed by atoms with van der Waals surface area (Å²) in [4.78, 5) is 22.2. The van der Waals surface area contributed by atoms with Gasteiger partial charge in [0.05, 0.1) is 6.54 Å². The average molecular weight is 307 g/mol. The number of carbonyl (C=O) groups excluding carboxylic acids is 1. The third-order valence-electron chi connectivity index (χ3n) is 3.13. The van der Waals surface area contributed by atoms with Crippen molar-refractivity contribution < 1.29 is 4.79 Å². The van der Waals surface area contributed by atoms with Crippen molar-refractivity contribution >= 4 is 29.4 Å². The molecule has 1 fully saturated rings. The Morgan fingerprint density at radius 1 is 1.48 bits per heavy atom. The molecule has 3 N–H and O–H groups in total. The number of hydrogen-bond donors (Lipinski definition) is 2. The van der Waals surface area contributed by atoms with E-state index in [9.17, 15) is 4.79 Å². The molecule has 1 amide bonds. The molecule has 0 atom stereocenters. The predicted molar refractivity (Wildman–Crippen MR) is 87.6 cm³/mol. The summed E-state index contributed by atoms with van der Waals surface area (Å²) in [7, 11) is 0. The molecule has 114 valence electrons. The number of carbonyl (C=O) groups is 1. The molecule has 1 aromatic heterocycles. The molecule has 0 aromatic carbocycles. The quantitative estimate of drug-likeness (QED) is 0.642. The predicted octanol–water partition coefficient (Wildman–Crippen LogP) is 1.08. The first-order valence-electron chi connectivity index (χ1n) is 7.00. The number of hydrogen-bond acceptors (Lipinski definition) is 4. The molecular weight excluding hydrogens is 286 g/mol. The molecule has 1 aliphatic rings. The monoisotopic (exact) mass is 307 g/mol. The Kier molecular flexibility index (Phi) is 5.86. The highest BCUT2D eigenvalue weighted by atomic mass is 32.2. The fourth-order valence-corrected chi connectivity index (χ4v) is 2.81. The molecule has 0 saturated carbocycles. The molecule has 1 aromatic rings. The number of pyridine rings is 1. The zero-order valence-corrected chi connectivity index (χ0v) is 13.0. The van der Waals surface area contributed by atoms with Crippen LogP contribution in [-0.4, -0.2) is 52.9 Å². The minimum atomic E-state index is -0.0999. The van der Waals surface area contributed by atoms with Crippen LogP contribution in [0.2, 0.25) is 0 Å². The lowest BCUT2D eigenvalue weighted by Crippen LogP contribution is -2.42. The lowest BCUT2D eigenvalue weighted by atomic mass is 10.3. The van der Waals surface area contributed by atoms with Crippen LogP contribution < -0.4 is 11.1 Å². The van der Waals surface area contributed by atoms with Gasteiger partial charge >= 0.3 is 0 Å². The summed E-state index contributed by atoms with van der Waals surface area (Å²) >= 11 is 1.92. The van der Waals surface area contributed by atoms with E-state index in [0.717, 1.165) is 30.2 Å². The van der Waals surface area contributed by atoms with Gasteiger partial charge in [-0.15, -0.1) is 0 Å². The van der Waals surface area contributed by atoms with Gasteiger partial charge < -0.3 is 16.0 Å². The molecule has 0 aliphatic carbocycles. The summed E-state index contributed by atoms with van der Waals surface area (Å²) in [6.07, 6.45) is 2.03. The topological polar surface area (TPSA) is 83.6 Å². The van der Waals surface area contributed by atoms with Crippen molar-refractivity contribution in [3.8, 4) is 0 Å². The van der Waals surface area contributed by atoms with E-state index in [1.54, 1.807) is 12.3 Å². The lowest BCUT2D eigenvalue weighted by molar-refractivity contribution is -0.116. The highest BCUT2D eigenvalue weighted by molar-refractivity contribution is 7.99. The van der Waals surface area contributed by atoms with Crippen molar-refractivity contribution in [1.29, 1.82) is 0 Å². The maximum Gasteiger partial charge on any atom is 0.227 e. The number of nitrogens with two attached hydrogens (primary N) is 1. The molecule has 7 heteroatoms. The Morgan fingerprint density at radius 2 is 2.24 bits per heavy atom. The van der Waals surface area contributed by atoms with Gasteiger partial charge in [0.1, 0.15) is 5.82 Å². The second-order valence-electron chi connectivity index (χ2n) is 4.86. The third kappa shape index (κ3) is 5.26. The van der Waals surface area contributed by atoms with Crippen LogP contribution in [0.5, 0.6) is 0 Å². The number of aromatic nitrogens is 1. The Balaban J connectivity index is 1.74. The normalized spacial score (nSPS) is 15.9. The number of thioether (sulfide) groups is 1. The van der Waals surface area contributed by atoms with E-state index >= 15 is 0 Å². The van der Waals surface area contributed by atoms with E-state index in [1.165, 1.54) is 0 Å². The van der Waals surface area contributed by atoms with Gasteiger partial charge in [0.15, 0.2) is 5.96 Å². The van der Waals surface area contributed by atoms with E-state index in [4.69, 9.17) is 5.73 Å². The fraction of sp³-hybridized carbons (Fsp3) is 0.500. The van der Waals surface area contributed by atoms with Gasteiger partial charge in [-0.05, 0) is 18.6 Å². The van der Waals surface area contributed by atoms with Gasteiger partial charge in [0.25, 0.3) is 0 Å². The summed E-state index contributed by atoms with van der Waals surface area (Å²) in [5.74, 6) is 3.16. The van der Waals surface area contributed by atoms with Crippen LogP contribution in [0, 0.1) is 6.92 Å². The number of nitrogens with zero attached hydrogens (tertiary/aromatic N) is 3. The van der Waals surface area contributed by atoms with E-state index < -0.39 is 0 Å². The standard InChI is InChI=1S/C14H21N5OS/c1-11-2-3-12(17-10-11)18-13(20)4-5-16-14(15)19-6-8-21-9-7-19/h2-3,10H,4-9H2,1H3,(H2,15,16)(H,17,18,20). The lowest BCUT2D eigenvalue weighted by Gasteiger charge is -2.27. The molecule has 1 aliphatic heterocycles. The molecule has 0 bridgehead atoms. The Labute approximate surface area is 129 Å². The molecule has 21 heavy (non-hydrogen) atoms. The van der Waals surface area contributed by atoms with Gasteiger partial charge in [0.2, 0.25) is 5.91 Å². The molecule has 2 heterocycles. The third-order valence-corrected chi connectivity index (χ3v) is 4.07. The van der Waals surface area contributed by atoms with Gasteiger partial charge in [0, 0.05) is 37.2 Å². The maximum absolute atomic E-state index is 11.8. The average Bonchev–Trinajstić information content (AvgIpc) is 2.50. The van der Waals surface area contributed by atoms with Crippen LogP contribution in [0.1, 0.15) is 12.0 Å². The van der Waals surface area contributed by atoms with Crippen LogP contribution in [-0.2, 0) is 4.79 Å². The van der Waals surface area contributed by atoms with Crippen LogP contribution in [0.25, 0.3) is 0 Å². The summed E-state index contributed by atoms with van der Waals surface area (Å²) in [5, 5.41) is 2.75. The van der Waals surface area contributed by atoms with E-state index in [0.29, 0.717) is 24.7 Å². The van der Waals surface area contributed by atoms with Crippen LogP contribution >= 0.6 is 11.8 Å². The smallest absolute Gasteiger partial charge is 0.227 e. The zero-order valence-electron chi connectivity index (χ0n) is 12.2. The molecule has 0 radical (unpaired) electrons. The number of aryl methyl sites for hydroxylation is 1. The van der Waals surface area contributed by atoms with Crippen molar-refractivity contribution in [3.05, 3.63) is 23.9 Å². The maximum atomic E-state index is 11.8. The number of guanidine groups is 1. The van der Waals surface area contributed by atoms with Gasteiger partial charge in [-0.25, -0.2) is 4.98 Å². The molecule has 0 unspecified atom stereocenters. The highest BCUT2D eigenvalue weighted by Crippen LogP contribution is 2.08. The number of aliphatic imine (C=N–C) groups is 1.